The molecule has 0 spiro atoms. The molecule has 0 aliphatic carbocycles. The fraction of sp³-hybridized carbons (Fsp3) is 0. The van der Waals surface area contributed by atoms with Gasteiger partial charge in [-0.3, -0.25) is 0 Å². The summed E-state index contributed by atoms with van der Waals surface area (Å²) in [6, 6.07) is 23.4. The van der Waals surface area contributed by atoms with Crippen LogP contribution in [-0.4, -0.2) is 0 Å². The molecule has 0 bridgehead atoms. The topological polar surface area (TPSA) is 0 Å². The molecule has 0 heterocycles. The van der Waals surface area contributed by atoms with Gasteiger partial charge in [-0.2, -0.15) is 18.2 Å². The number of rotatable bonds is 1. The van der Waals surface area contributed by atoms with Gasteiger partial charge in [0.1, 0.15) is 0 Å². The Hall–Kier alpha value is -1.26. The van der Waals surface area contributed by atoms with Crippen LogP contribution in [0.15, 0.2) is 66.7 Å². The van der Waals surface area contributed by atoms with Gasteiger partial charge >= 0.3 is 21.1 Å². The fourth-order valence-electron chi connectivity index (χ4n) is 2.03. The van der Waals surface area contributed by atoms with Crippen LogP contribution in [0.2, 0.25) is 0 Å². The van der Waals surface area contributed by atoms with Crippen molar-refractivity contribution < 1.29 is 21.1 Å². The first-order valence-corrected chi connectivity index (χ1v) is 5.15. The Labute approximate surface area is 132 Å². The molecule has 0 aliphatic heterocycles. The standard InChI is InChI=1S/C15H11.3CH3.Pt/c1-2-7-12(6-1)15-11-5-9-13-8-3-4-10-14(13)15;;;;/h1-11H;3*1H3;/q4*-1;+4. The second-order valence-corrected chi connectivity index (χ2v) is 3.70. The summed E-state index contributed by atoms with van der Waals surface area (Å²) in [4.78, 5) is 0. The van der Waals surface area contributed by atoms with Crippen LogP contribution in [0.4, 0.5) is 0 Å². The van der Waals surface area contributed by atoms with Gasteiger partial charge in [-0.25, -0.2) is 0 Å². The fourth-order valence-corrected chi connectivity index (χ4v) is 2.03. The summed E-state index contributed by atoms with van der Waals surface area (Å²) >= 11 is 0. The number of fused-ring (bicyclic) bond motifs is 1. The third-order valence-electron chi connectivity index (χ3n) is 2.76. The zero-order valence-corrected chi connectivity index (χ0v) is 13.9. The minimum atomic E-state index is 0. The second-order valence-electron chi connectivity index (χ2n) is 3.70. The average Bonchev–Trinajstić information content (AvgIpc) is 2.82. The third-order valence-corrected chi connectivity index (χ3v) is 2.76. The molecule has 102 valence electrons. The van der Waals surface area contributed by atoms with Gasteiger partial charge in [-0.15, -0.1) is 11.6 Å². The van der Waals surface area contributed by atoms with Crippen molar-refractivity contribution in [2.24, 2.45) is 0 Å². The van der Waals surface area contributed by atoms with Crippen LogP contribution >= 0.6 is 0 Å². The van der Waals surface area contributed by atoms with Crippen LogP contribution in [0.1, 0.15) is 0 Å². The van der Waals surface area contributed by atoms with E-state index in [4.69, 9.17) is 0 Å². The van der Waals surface area contributed by atoms with Gasteiger partial charge in [0, 0.05) is 0 Å². The van der Waals surface area contributed by atoms with Crippen LogP contribution in [0.5, 0.6) is 0 Å². The maximum absolute atomic E-state index is 2.18. The molecule has 0 saturated heterocycles. The minimum absolute atomic E-state index is 0. The van der Waals surface area contributed by atoms with Crippen molar-refractivity contribution in [1.82, 2.24) is 0 Å². The molecule has 0 saturated carbocycles. The molecular formula is C18H20Pt. The second kappa shape index (κ2) is 8.77. The quantitative estimate of drug-likeness (QED) is 0.442. The van der Waals surface area contributed by atoms with E-state index in [1.54, 1.807) is 0 Å². The average molecular weight is 431 g/mol. The van der Waals surface area contributed by atoms with E-state index in [9.17, 15) is 0 Å². The first kappa shape index (κ1) is 20.1. The molecule has 0 amide bonds. The van der Waals surface area contributed by atoms with Gasteiger partial charge < -0.3 is 22.3 Å². The minimum Gasteiger partial charge on any atom is -0.358 e. The molecule has 0 N–H and O–H groups in total. The summed E-state index contributed by atoms with van der Waals surface area (Å²) in [6.45, 7) is 0. The Balaban J connectivity index is 0. The summed E-state index contributed by atoms with van der Waals surface area (Å²) in [7, 11) is 0. The third kappa shape index (κ3) is 3.85. The zero-order chi connectivity index (χ0) is 10.1. The molecule has 3 aromatic carbocycles. The van der Waals surface area contributed by atoms with Crippen molar-refractivity contribution in [2.75, 3.05) is 0 Å². The molecule has 0 fully saturated rings. The summed E-state index contributed by atoms with van der Waals surface area (Å²) in [5.41, 5.74) is 2.62. The van der Waals surface area contributed by atoms with Crippen LogP contribution < -0.4 is 0 Å². The van der Waals surface area contributed by atoms with E-state index in [-0.39, 0.29) is 43.3 Å². The number of benzene rings is 2. The van der Waals surface area contributed by atoms with E-state index in [0.717, 1.165) is 0 Å². The predicted molar refractivity (Wildman–Crippen MR) is 84.2 cm³/mol. The Morgan fingerprint density at radius 1 is 0.684 bits per heavy atom. The summed E-state index contributed by atoms with van der Waals surface area (Å²) in [6.07, 6.45) is 0. The van der Waals surface area contributed by atoms with E-state index >= 15 is 0 Å². The predicted octanol–water partition coefficient (Wildman–Crippen LogP) is 5.57. The van der Waals surface area contributed by atoms with Gasteiger partial charge in [0.15, 0.2) is 0 Å². The summed E-state index contributed by atoms with van der Waals surface area (Å²) < 4.78 is 0. The number of hydrogen-bond acceptors (Lipinski definition) is 0. The van der Waals surface area contributed by atoms with E-state index in [1.165, 1.54) is 21.9 Å². The Morgan fingerprint density at radius 3 is 2.05 bits per heavy atom. The van der Waals surface area contributed by atoms with Gasteiger partial charge in [0.05, 0.1) is 0 Å². The first-order chi connectivity index (χ1) is 7.45. The van der Waals surface area contributed by atoms with Crippen molar-refractivity contribution in [1.29, 1.82) is 0 Å². The van der Waals surface area contributed by atoms with Gasteiger partial charge in [0.2, 0.25) is 0 Å². The Bertz CT molecular complexity index is 574. The largest absolute Gasteiger partial charge is 4.00 e. The van der Waals surface area contributed by atoms with E-state index in [2.05, 4.69) is 66.7 Å². The van der Waals surface area contributed by atoms with Crippen LogP contribution in [0.3, 0.4) is 0 Å². The van der Waals surface area contributed by atoms with Crippen LogP contribution in [0.25, 0.3) is 21.9 Å². The Morgan fingerprint density at radius 2 is 1.37 bits per heavy atom. The van der Waals surface area contributed by atoms with Gasteiger partial charge in [-0.05, 0) is 5.39 Å². The maximum atomic E-state index is 2.18. The monoisotopic (exact) mass is 431 g/mol. The molecule has 1 heteroatoms. The van der Waals surface area contributed by atoms with Crippen LogP contribution in [-0.2, 0) is 21.1 Å². The smallest absolute Gasteiger partial charge is 0.358 e. The SMILES string of the molecule is [CH3-].[CH3-].[CH3-].[Pt+4].c1c[cH-]c(-c2cccc3ccccc23)c1. The molecule has 3 aromatic rings. The molecule has 3 rings (SSSR count). The van der Waals surface area contributed by atoms with Gasteiger partial charge in [0.25, 0.3) is 0 Å². The summed E-state index contributed by atoms with van der Waals surface area (Å²) in [5, 5.41) is 2.63. The van der Waals surface area contributed by atoms with E-state index < -0.39 is 0 Å². The van der Waals surface area contributed by atoms with E-state index in [0.29, 0.717) is 0 Å². The van der Waals surface area contributed by atoms with Crippen LogP contribution in [0, 0.1) is 22.3 Å². The van der Waals surface area contributed by atoms with Crippen molar-refractivity contribution in [3.05, 3.63) is 89.0 Å². The normalized spacial score (nSPS) is 8.42. The molecule has 19 heavy (non-hydrogen) atoms. The van der Waals surface area contributed by atoms with Crippen molar-refractivity contribution >= 4 is 10.8 Å². The maximum Gasteiger partial charge on any atom is 4.00 e. The molecule has 0 aromatic heterocycles. The molecule has 0 nitrogen and oxygen atoms in total. The molecule has 0 aliphatic rings. The first-order valence-electron chi connectivity index (χ1n) is 5.15. The summed E-state index contributed by atoms with van der Waals surface area (Å²) in [5.74, 6) is 0. The molecule has 0 atom stereocenters. The van der Waals surface area contributed by atoms with Gasteiger partial charge in [-0.1, -0.05) is 53.4 Å². The van der Waals surface area contributed by atoms with E-state index in [1.807, 2.05) is 0 Å². The molecular weight excluding hydrogens is 411 g/mol. The number of hydrogen-bond donors (Lipinski definition) is 0. The Kier molecular flexibility index (Phi) is 9.26. The van der Waals surface area contributed by atoms with Crippen molar-refractivity contribution in [3.8, 4) is 11.1 Å². The molecule has 0 unspecified atom stereocenters. The zero-order valence-electron chi connectivity index (χ0n) is 11.7. The van der Waals surface area contributed by atoms with Crippen molar-refractivity contribution in [2.45, 2.75) is 0 Å². The molecule has 0 radical (unpaired) electrons. The van der Waals surface area contributed by atoms with Crippen molar-refractivity contribution in [3.63, 3.8) is 0 Å².